The predicted octanol–water partition coefficient (Wildman–Crippen LogP) is 2.71. The van der Waals surface area contributed by atoms with Gasteiger partial charge in [-0.2, -0.15) is 5.26 Å². The topological polar surface area (TPSA) is 113 Å². The molecule has 0 spiro atoms. The number of nitrogens with zero attached hydrogens (tertiary/aromatic N) is 3. The highest BCUT2D eigenvalue weighted by Gasteiger charge is 2.24. The van der Waals surface area contributed by atoms with Crippen LogP contribution in [0.25, 0.3) is 5.88 Å². The Morgan fingerprint density at radius 1 is 1.21 bits per heavy atom. The van der Waals surface area contributed by atoms with E-state index in [-0.39, 0.29) is 30.0 Å². The van der Waals surface area contributed by atoms with Crippen LogP contribution in [0.1, 0.15) is 33.8 Å². The molecule has 0 saturated carbocycles. The molecule has 0 radical (unpaired) electrons. The first-order valence-corrected chi connectivity index (χ1v) is 8.68. The van der Waals surface area contributed by atoms with Crippen LogP contribution in [-0.2, 0) is 4.79 Å². The van der Waals surface area contributed by atoms with Crippen LogP contribution in [0.2, 0.25) is 0 Å². The van der Waals surface area contributed by atoms with E-state index < -0.39 is 5.91 Å². The van der Waals surface area contributed by atoms with Crippen LogP contribution in [0.3, 0.4) is 0 Å². The molecule has 3 aromatic rings. The van der Waals surface area contributed by atoms with Crippen LogP contribution in [0, 0.1) is 25.2 Å². The Balaban J connectivity index is 1.62. The van der Waals surface area contributed by atoms with Crippen molar-refractivity contribution in [2.24, 2.45) is 0 Å². The SMILES string of the molecule is Cc1cccc(NC(=O)CCNC(=O)c2c(C)oc(-n3cccc3)c2C#N)n1. The molecule has 0 aliphatic carbocycles. The highest BCUT2D eigenvalue weighted by molar-refractivity contribution is 5.99. The minimum absolute atomic E-state index is 0.0740. The normalized spacial score (nSPS) is 10.3. The summed E-state index contributed by atoms with van der Waals surface area (Å²) in [5.74, 6) is 0.364. The van der Waals surface area contributed by atoms with Crippen molar-refractivity contribution in [3.8, 4) is 12.0 Å². The first-order chi connectivity index (χ1) is 13.5. The van der Waals surface area contributed by atoms with Crippen LogP contribution in [-0.4, -0.2) is 27.9 Å². The van der Waals surface area contributed by atoms with Gasteiger partial charge in [-0.05, 0) is 38.1 Å². The molecular formula is C20H19N5O3. The highest BCUT2D eigenvalue weighted by atomic mass is 16.4. The number of amides is 2. The van der Waals surface area contributed by atoms with E-state index >= 15 is 0 Å². The Bertz CT molecular complexity index is 1040. The van der Waals surface area contributed by atoms with Crippen molar-refractivity contribution in [3.63, 3.8) is 0 Å². The summed E-state index contributed by atoms with van der Waals surface area (Å²) in [4.78, 5) is 28.7. The Morgan fingerprint density at radius 3 is 2.64 bits per heavy atom. The lowest BCUT2D eigenvalue weighted by Gasteiger charge is -2.06. The summed E-state index contributed by atoms with van der Waals surface area (Å²) >= 11 is 0. The van der Waals surface area contributed by atoms with Crippen LogP contribution in [0.5, 0.6) is 0 Å². The van der Waals surface area contributed by atoms with E-state index in [1.807, 2.05) is 19.1 Å². The second-order valence-corrected chi connectivity index (χ2v) is 6.13. The number of hydrogen-bond acceptors (Lipinski definition) is 5. The molecule has 0 aliphatic rings. The van der Waals surface area contributed by atoms with Gasteiger partial charge in [0.25, 0.3) is 5.91 Å². The van der Waals surface area contributed by atoms with E-state index in [2.05, 4.69) is 15.6 Å². The monoisotopic (exact) mass is 377 g/mol. The van der Waals surface area contributed by atoms with Crippen molar-refractivity contribution in [2.75, 3.05) is 11.9 Å². The number of hydrogen-bond donors (Lipinski definition) is 2. The summed E-state index contributed by atoms with van der Waals surface area (Å²) in [7, 11) is 0. The summed E-state index contributed by atoms with van der Waals surface area (Å²) < 4.78 is 7.24. The maximum Gasteiger partial charge on any atom is 0.256 e. The van der Waals surface area contributed by atoms with Gasteiger partial charge in [-0.25, -0.2) is 4.98 Å². The van der Waals surface area contributed by atoms with Gasteiger partial charge < -0.3 is 15.1 Å². The number of pyridine rings is 1. The van der Waals surface area contributed by atoms with Gasteiger partial charge in [0.1, 0.15) is 28.8 Å². The summed E-state index contributed by atoms with van der Waals surface area (Å²) in [5, 5.41) is 14.8. The quantitative estimate of drug-likeness (QED) is 0.686. The summed E-state index contributed by atoms with van der Waals surface area (Å²) in [6, 6.07) is 10.9. The lowest BCUT2D eigenvalue weighted by atomic mass is 10.1. The summed E-state index contributed by atoms with van der Waals surface area (Å²) in [6.07, 6.45) is 3.53. The van der Waals surface area contributed by atoms with Gasteiger partial charge in [-0.3, -0.25) is 14.2 Å². The van der Waals surface area contributed by atoms with Crippen LogP contribution < -0.4 is 10.6 Å². The number of rotatable bonds is 6. The maximum atomic E-state index is 12.5. The molecule has 0 saturated heterocycles. The standard InChI is InChI=1S/C20H19N5O3/c1-13-6-5-7-16(23-13)24-17(26)8-9-22-19(27)18-14(2)28-20(15(18)12-21)25-10-3-4-11-25/h3-7,10-11H,8-9H2,1-2H3,(H,22,27)(H,23,24,26). The number of anilines is 1. The molecule has 3 aromatic heterocycles. The molecule has 8 heteroatoms. The Labute approximate surface area is 161 Å². The first-order valence-electron chi connectivity index (χ1n) is 8.68. The average Bonchev–Trinajstić information content (AvgIpc) is 3.28. The molecule has 0 unspecified atom stereocenters. The maximum absolute atomic E-state index is 12.5. The third-order valence-electron chi connectivity index (χ3n) is 4.04. The molecule has 0 atom stereocenters. The molecule has 0 fully saturated rings. The number of aromatic nitrogens is 2. The number of furan rings is 1. The molecule has 2 N–H and O–H groups in total. The molecule has 0 aromatic carbocycles. The van der Waals surface area contributed by atoms with Crippen LogP contribution >= 0.6 is 0 Å². The minimum Gasteiger partial charge on any atom is -0.443 e. The Hall–Kier alpha value is -3.86. The molecule has 0 bridgehead atoms. The summed E-state index contributed by atoms with van der Waals surface area (Å²) in [6.45, 7) is 3.57. The van der Waals surface area contributed by atoms with Crippen molar-refractivity contribution in [1.82, 2.24) is 14.9 Å². The number of nitrogens with one attached hydrogen (secondary N) is 2. The predicted molar refractivity (Wildman–Crippen MR) is 102 cm³/mol. The van der Waals surface area contributed by atoms with Gasteiger partial charge >= 0.3 is 0 Å². The number of nitriles is 1. The van der Waals surface area contributed by atoms with Gasteiger partial charge in [0, 0.05) is 31.1 Å². The van der Waals surface area contributed by atoms with E-state index in [0.717, 1.165) is 5.69 Å². The minimum atomic E-state index is -0.460. The molecule has 8 nitrogen and oxygen atoms in total. The van der Waals surface area contributed by atoms with Crippen molar-refractivity contribution >= 4 is 17.6 Å². The number of carbonyl (C=O) groups is 2. The van der Waals surface area contributed by atoms with Crippen molar-refractivity contribution in [1.29, 1.82) is 5.26 Å². The number of carbonyl (C=O) groups excluding carboxylic acids is 2. The van der Waals surface area contributed by atoms with Crippen LogP contribution in [0.15, 0.2) is 47.1 Å². The van der Waals surface area contributed by atoms with E-state index in [9.17, 15) is 14.9 Å². The van der Waals surface area contributed by atoms with Gasteiger partial charge in [0.15, 0.2) is 0 Å². The first kappa shape index (κ1) is 18.9. The molecule has 2 amide bonds. The average molecular weight is 377 g/mol. The van der Waals surface area contributed by atoms with E-state index in [0.29, 0.717) is 17.5 Å². The van der Waals surface area contributed by atoms with Crippen LogP contribution in [0.4, 0.5) is 5.82 Å². The number of aryl methyl sites for hydroxylation is 2. The van der Waals surface area contributed by atoms with E-state index in [1.54, 1.807) is 48.1 Å². The Kier molecular flexibility index (Phi) is 5.56. The molecule has 0 aliphatic heterocycles. The second kappa shape index (κ2) is 8.22. The van der Waals surface area contributed by atoms with Gasteiger partial charge in [-0.15, -0.1) is 0 Å². The highest BCUT2D eigenvalue weighted by Crippen LogP contribution is 2.25. The van der Waals surface area contributed by atoms with Crippen molar-refractivity contribution < 1.29 is 14.0 Å². The fraction of sp³-hybridized carbons (Fsp3) is 0.200. The molecular weight excluding hydrogens is 358 g/mol. The van der Waals surface area contributed by atoms with Crippen molar-refractivity contribution in [3.05, 3.63) is 65.3 Å². The molecule has 3 rings (SSSR count). The zero-order valence-corrected chi connectivity index (χ0v) is 15.5. The summed E-state index contributed by atoms with van der Waals surface area (Å²) in [5.41, 5.74) is 1.12. The zero-order chi connectivity index (χ0) is 20.1. The van der Waals surface area contributed by atoms with E-state index in [4.69, 9.17) is 4.42 Å². The lowest BCUT2D eigenvalue weighted by Crippen LogP contribution is -2.28. The van der Waals surface area contributed by atoms with E-state index in [1.165, 1.54) is 0 Å². The Morgan fingerprint density at radius 2 is 1.96 bits per heavy atom. The largest absolute Gasteiger partial charge is 0.443 e. The molecule has 28 heavy (non-hydrogen) atoms. The zero-order valence-electron chi connectivity index (χ0n) is 15.5. The second-order valence-electron chi connectivity index (χ2n) is 6.13. The molecule has 3 heterocycles. The third-order valence-corrected chi connectivity index (χ3v) is 4.04. The fourth-order valence-electron chi connectivity index (χ4n) is 2.75. The molecule has 142 valence electrons. The smallest absolute Gasteiger partial charge is 0.256 e. The van der Waals surface area contributed by atoms with Gasteiger partial charge in [0.2, 0.25) is 11.8 Å². The van der Waals surface area contributed by atoms with Gasteiger partial charge in [-0.1, -0.05) is 6.07 Å². The lowest BCUT2D eigenvalue weighted by molar-refractivity contribution is -0.116. The van der Waals surface area contributed by atoms with Crippen molar-refractivity contribution in [2.45, 2.75) is 20.3 Å². The van der Waals surface area contributed by atoms with Gasteiger partial charge in [0.05, 0.1) is 0 Å². The fourth-order valence-corrected chi connectivity index (χ4v) is 2.75. The third kappa shape index (κ3) is 4.10.